The third kappa shape index (κ3) is 6.66. The third-order valence-electron chi connectivity index (χ3n) is 0.331. The van der Waals surface area contributed by atoms with E-state index in [0.717, 1.165) is 0 Å². The van der Waals surface area contributed by atoms with Gasteiger partial charge in [0, 0.05) is 0 Å². The molecule has 0 aromatic rings. The molecule has 0 saturated carbocycles. The average Bonchev–Trinajstić information content (AvgIpc) is 1.30. The van der Waals surface area contributed by atoms with Gasteiger partial charge in [-0.1, -0.05) is 6.92 Å². The summed E-state index contributed by atoms with van der Waals surface area (Å²) in [5.74, 6) is 0.581. The molecule has 0 aromatic heterocycles. The van der Waals surface area contributed by atoms with Crippen molar-refractivity contribution < 1.29 is 14.7 Å². The SMILES string of the molecule is CC[SH]=P(O)(O)O. The summed E-state index contributed by atoms with van der Waals surface area (Å²) < 4.78 is 0. The van der Waals surface area contributed by atoms with Crippen molar-refractivity contribution >= 4 is 17.7 Å². The van der Waals surface area contributed by atoms with Crippen LogP contribution in [0.3, 0.4) is 0 Å². The number of hydrogen-bond acceptors (Lipinski definition) is 0. The van der Waals surface area contributed by atoms with Gasteiger partial charge < -0.3 is 14.7 Å². The standard InChI is InChI=1S/C2H9O3PS/c1-2-7-6(3,4)5/h3-5,7H,2H2,1H3. The Kier molecular flexibility index (Phi) is 3.11. The molecule has 0 bridgehead atoms. The highest BCUT2D eigenvalue weighted by Gasteiger charge is 1.95. The van der Waals surface area contributed by atoms with E-state index in [1.54, 1.807) is 6.92 Å². The van der Waals surface area contributed by atoms with Crippen LogP contribution >= 0.6 is 6.72 Å². The van der Waals surface area contributed by atoms with Gasteiger partial charge in [0.2, 0.25) is 0 Å². The molecule has 0 saturated heterocycles. The predicted octanol–water partition coefficient (Wildman–Crippen LogP) is -0.524. The van der Waals surface area contributed by atoms with Gasteiger partial charge in [-0.2, -0.15) is 0 Å². The van der Waals surface area contributed by atoms with Crippen molar-refractivity contribution in [2.24, 2.45) is 0 Å². The highest BCUT2D eigenvalue weighted by Crippen LogP contribution is 2.30. The van der Waals surface area contributed by atoms with Crippen LogP contribution in [0.25, 0.3) is 0 Å². The fraction of sp³-hybridized carbons (Fsp3) is 1.00. The number of hydrogen-bond donors (Lipinski definition) is 4. The summed E-state index contributed by atoms with van der Waals surface area (Å²) in [6.45, 7) is -1.68. The van der Waals surface area contributed by atoms with Crippen molar-refractivity contribution in [1.29, 1.82) is 0 Å². The minimum absolute atomic E-state index is 0.334. The molecule has 3 nitrogen and oxygen atoms in total. The fourth-order valence-electron chi connectivity index (χ4n) is 0.190. The van der Waals surface area contributed by atoms with Gasteiger partial charge in [0.15, 0.2) is 0 Å². The summed E-state index contributed by atoms with van der Waals surface area (Å²) in [5, 5.41) is 0. The molecule has 0 radical (unpaired) electrons. The van der Waals surface area contributed by atoms with E-state index in [1.807, 2.05) is 0 Å². The first-order chi connectivity index (χ1) is 3.06. The number of rotatable bonds is 1. The monoisotopic (exact) mass is 144 g/mol. The molecule has 0 heterocycles. The van der Waals surface area contributed by atoms with E-state index in [-0.39, 0.29) is 0 Å². The van der Waals surface area contributed by atoms with Crippen LogP contribution in [0.15, 0.2) is 0 Å². The topological polar surface area (TPSA) is 60.7 Å². The molecule has 0 aliphatic rings. The summed E-state index contributed by atoms with van der Waals surface area (Å²) in [4.78, 5) is 24.7. The van der Waals surface area contributed by atoms with Crippen molar-refractivity contribution in [2.45, 2.75) is 6.92 Å². The van der Waals surface area contributed by atoms with Crippen LogP contribution in [-0.4, -0.2) is 20.4 Å². The summed E-state index contributed by atoms with van der Waals surface area (Å²) in [6.07, 6.45) is 0. The molecule has 0 aromatic carbocycles. The van der Waals surface area contributed by atoms with Crippen LogP contribution in [0, 0.1) is 0 Å². The van der Waals surface area contributed by atoms with Gasteiger partial charge in [-0.15, -0.1) is 10.9 Å². The Bertz CT molecular complexity index is 86.8. The lowest BCUT2D eigenvalue weighted by Gasteiger charge is -1.98. The summed E-state index contributed by atoms with van der Waals surface area (Å²) >= 11 is 0. The quantitative estimate of drug-likeness (QED) is 0.296. The van der Waals surface area contributed by atoms with E-state index < -0.39 is 6.72 Å². The molecular formula is C2H9O3PS. The first kappa shape index (κ1) is 7.66. The molecule has 0 fully saturated rings. The van der Waals surface area contributed by atoms with Gasteiger partial charge in [0.25, 0.3) is 6.72 Å². The van der Waals surface area contributed by atoms with Gasteiger partial charge in [-0.3, -0.25) is 0 Å². The second-order valence-corrected chi connectivity index (χ2v) is 5.44. The van der Waals surface area contributed by atoms with Crippen LogP contribution < -0.4 is 0 Å². The molecule has 0 aliphatic carbocycles. The summed E-state index contributed by atoms with van der Waals surface area (Å²) in [7, 11) is 0.334. The second kappa shape index (κ2) is 2.84. The molecule has 5 heteroatoms. The molecule has 0 aliphatic heterocycles. The normalized spacial score (nSPS) is 12.0. The highest BCUT2D eigenvalue weighted by atomic mass is 32.5. The van der Waals surface area contributed by atoms with Gasteiger partial charge in [0.1, 0.15) is 0 Å². The molecule has 46 valence electrons. The van der Waals surface area contributed by atoms with Crippen molar-refractivity contribution in [3.63, 3.8) is 0 Å². The van der Waals surface area contributed by atoms with Crippen molar-refractivity contribution in [3.05, 3.63) is 0 Å². The predicted molar refractivity (Wildman–Crippen MR) is 32.9 cm³/mol. The summed E-state index contributed by atoms with van der Waals surface area (Å²) in [6, 6.07) is 0. The Morgan fingerprint density at radius 3 is 1.86 bits per heavy atom. The van der Waals surface area contributed by atoms with Crippen LogP contribution in [-0.2, 0) is 10.9 Å². The maximum Gasteiger partial charge on any atom is 0.274 e. The first-order valence-electron chi connectivity index (χ1n) is 1.82. The van der Waals surface area contributed by atoms with Gasteiger partial charge in [0.05, 0.1) is 0 Å². The van der Waals surface area contributed by atoms with Crippen LogP contribution in [0.2, 0.25) is 0 Å². The third-order valence-corrected chi connectivity index (χ3v) is 2.98. The Hall–Kier alpha value is 0.660. The molecule has 0 spiro atoms. The maximum absolute atomic E-state index is 8.23. The molecule has 7 heavy (non-hydrogen) atoms. The smallest absolute Gasteiger partial charge is 0.274 e. The van der Waals surface area contributed by atoms with Crippen molar-refractivity contribution in [2.75, 3.05) is 5.75 Å². The Labute approximate surface area is 45.8 Å². The Morgan fingerprint density at radius 2 is 1.86 bits per heavy atom. The van der Waals surface area contributed by atoms with Gasteiger partial charge >= 0.3 is 0 Å². The zero-order valence-corrected chi connectivity index (χ0v) is 5.73. The molecule has 0 unspecified atom stereocenters. The van der Waals surface area contributed by atoms with Crippen LogP contribution in [0.4, 0.5) is 0 Å². The minimum atomic E-state index is -3.44. The zero-order chi connectivity index (χ0) is 5.91. The molecule has 0 rings (SSSR count). The summed E-state index contributed by atoms with van der Waals surface area (Å²) in [5.41, 5.74) is 0. The Morgan fingerprint density at radius 1 is 1.43 bits per heavy atom. The van der Waals surface area contributed by atoms with E-state index in [0.29, 0.717) is 16.7 Å². The van der Waals surface area contributed by atoms with Crippen molar-refractivity contribution in [1.82, 2.24) is 0 Å². The van der Waals surface area contributed by atoms with Crippen LogP contribution in [0.5, 0.6) is 0 Å². The zero-order valence-electron chi connectivity index (χ0n) is 3.94. The molecule has 0 amide bonds. The van der Waals surface area contributed by atoms with Crippen LogP contribution in [0.1, 0.15) is 6.92 Å². The minimum Gasteiger partial charge on any atom is -0.329 e. The van der Waals surface area contributed by atoms with Gasteiger partial charge in [-0.05, 0) is 5.75 Å². The first-order valence-corrected chi connectivity index (χ1v) is 5.26. The van der Waals surface area contributed by atoms with E-state index >= 15 is 0 Å². The van der Waals surface area contributed by atoms with E-state index in [1.165, 1.54) is 0 Å². The fourth-order valence-corrected chi connectivity index (χ4v) is 1.71. The van der Waals surface area contributed by atoms with E-state index in [2.05, 4.69) is 0 Å². The average molecular weight is 144 g/mol. The van der Waals surface area contributed by atoms with E-state index in [9.17, 15) is 0 Å². The maximum atomic E-state index is 8.23. The lowest BCUT2D eigenvalue weighted by atomic mass is 11.0. The van der Waals surface area contributed by atoms with Gasteiger partial charge in [-0.25, -0.2) is 0 Å². The molecule has 3 N–H and O–H groups in total. The lowest BCUT2D eigenvalue weighted by Crippen LogP contribution is -1.77. The molecular weight excluding hydrogens is 135 g/mol. The number of thiol groups is 1. The highest BCUT2D eigenvalue weighted by molar-refractivity contribution is 8.16. The lowest BCUT2D eigenvalue weighted by molar-refractivity contribution is 0.363. The largest absolute Gasteiger partial charge is 0.329 e. The second-order valence-electron chi connectivity index (χ2n) is 0.994. The van der Waals surface area contributed by atoms with E-state index in [4.69, 9.17) is 14.7 Å². The molecule has 0 atom stereocenters. The Balaban J connectivity index is 3.73. The van der Waals surface area contributed by atoms with Crippen molar-refractivity contribution in [3.8, 4) is 0 Å².